The van der Waals surface area contributed by atoms with Gasteiger partial charge in [-0.2, -0.15) is 0 Å². The molecule has 1 aromatic rings. The number of para-hydroxylation sites is 1. The fourth-order valence-corrected chi connectivity index (χ4v) is 6.20. The summed E-state index contributed by atoms with van der Waals surface area (Å²) in [5, 5.41) is 0. The van der Waals surface area contributed by atoms with Gasteiger partial charge in [0.2, 0.25) is 5.88 Å². The molecule has 0 radical (unpaired) electrons. The second-order valence-electron chi connectivity index (χ2n) is 8.81. The smallest absolute Gasteiger partial charge is 0.202 e. The minimum absolute atomic E-state index is 0.523. The normalized spacial score (nSPS) is 33.3. The maximum absolute atomic E-state index is 11.8. The number of hydrogen-bond acceptors (Lipinski definition) is 4. The third kappa shape index (κ3) is 2.89. The molecule has 0 unspecified atom stereocenters. The number of piperidine rings is 3. The Hall–Kier alpha value is -1.81. The van der Waals surface area contributed by atoms with E-state index in [9.17, 15) is 4.79 Å². The molecule has 5 rings (SSSR count). The molecule has 4 atom stereocenters. The summed E-state index contributed by atoms with van der Waals surface area (Å²) < 4.78 is 6.44. The molecule has 0 spiro atoms. The minimum Gasteiger partial charge on any atom is -0.440 e. The maximum atomic E-state index is 11.8. The first kappa shape index (κ1) is 17.3. The molecule has 4 heteroatoms. The lowest BCUT2D eigenvalue weighted by Crippen LogP contribution is -2.65. The summed E-state index contributed by atoms with van der Waals surface area (Å²) in [5.41, 5.74) is 1.96. The largest absolute Gasteiger partial charge is 0.440 e. The van der Waals surface area contributed by atoms with Crippen molar-refractivity contribution in [2.45, 2.75) is 57.5 Å². The molecule has 0 amide bonds. The van der Waals surface area contributed by atoms with Crippen LogP contribution in [-0.2, 0) is 4.79 Å². The number of hydrogen-bond donors (Lipinski definition) is 0. The van der Waals surface area contributed by atoms with Gasteiger partial charge in [-0.1, -0.05) is 18.2 Å². The first-order chi connectivity index (χ1) is 13.3. The highest BCUT2D eigenvalue weighted by Gasteiger charge is 2.50. The summed E-state index contributed by atoms with van der Waals surface area (Å²) >= 11 is 0. The fourth-order valence-electron chi connectivity index (χ4n) is 6.20. The number of aldehydes is 1. The Bertz CT molecular complexity index is 757. The van der Waals surface area contributed by atoms with Crippen molar-refractivity contribution in [3.63, 3.8) is 0 Å². The van der Waals surface area contributed by atoms with Crippen molar-refractivity contribution in [1.82, 2.24) is 9.80 Å². The van der Waals surface area contributed by atoms with Crippen LogP contribution in [0, 0.1) is 18.8 Å². The van der Waals surface area contributed by atoms with Gasteiger partial charge >= 0.3 is 0 Å². The number of carbonyl (C=O) groups excluding carboxylic acids is 1. The number of carbonyl (C=O) groups is 1. The van der Waals surface area contributed by atoms with Gasteiger partial charge in [-0.25, -0.2) is 0 Å². The number of aryl methyl sites for hydroxylation is 1. The van der Waals surface area contributed by atoms with E-state index in [-0.39, 0.29) is 0 Å². The third-order valence-corrected chi connectivity index (χ3v) is 7.36. The Balaban J connectivity index is 1.50. The summed E-state index contributed by atoms with van der Waals surface area (Å²) in [5.74, 6) is 3.16. The molecule has 3 saturated heterocycles. The van der Waals surface area contributed by atoms with Crippen LogP contribution in [0.2, 0.25) is 0 Å². The lowest BCUT2D eigenvalue weighted by atomic mass is 9.68. The molecule has 4 heterocycles. The van der Waals surface area contributed by atoms with Crippen molar-refractivity contribution >= 4 is 6.29 Å². The quantitative estimate of drug-likeness (QED) is 0.763. The van der Waals surface area contributed by atoms with Gasteiger partial charge in [0, 0.05) is 18.6 Å². The van der Waals surface area contributed by atoms with Crippen LogP contribution < -0.4 is 4.74 Å². The number of fused-ring (bicyclic) bond motifs is 2. The first-order valence-electron chi connectivity index (χ1n) is 10.7. The summed E-state index contributed by atoms with van der Waals surface area (Å²) in [4.78, 5) is 17.1. The van der Waals surface area contributed by atoms with Crippen molar-refractivity contribution < 1.29 is 9.53 Å². The zero-order chi connectivity index (χ0) is 18.4. The molecule has 0 bridgehead atoms. The van der Waals surface area contributed by atoms with E-state index in [2.05, 4.69) is 22.8 Å². The van der Waals surface area contributed by atoms with Crippen LogP contribution in [-0.4, -0.2) is 47.8 Å². The van der Waals surface area contributed by atoms with E-state index < -0.39 is 0 Å². The Morgan fingerprint density at radius 3 is 2.74 bits per heavy atom. The predicted molar refractivity (Wildman–Crippen MR) is 105 cm³/mol. The van der Waals surface area contributed by atoms with Gasteiger partial charge in [-0.15, -0.1) is 0 Å². The molecule has 4 aliphatic rings. The highest BCUT2D eigenvalue weighted by atomic mass is 16.5. The third-order valence-electron chi connectivity index (χ3n) is 7.36. The molecule has 27 heavy (non-hydrogen) atoms. The van der Waals surface area contributed by atoms with Gasteiger partial charge in [0.25, 0.3) is 0 Å². The predicted octanol–water partition coefficient (Wildman–Crippen LogP) is 3.75. The molecule has 4 nitrogen and oxygen atoms in total. The van der Waals surface area contributed by atoms with Crippen molar-refractivity contribution in [1.29, 1.82) is 0 Å². The fraction of sp³-hybridized carbons (Fsp3) is 0.609. The number of benzene rings is 1. The highest BCUT2D eigenvalue weighted by Crippen LogP contribution is 2.46. The van der Waals surface area contributed by atoms with E-state index >= 15 is 0 Å². The number of rotatable bonds is 3. The van der Waals surface area contributed by atoms with E-state index in [0.717, 1.165) is 60.4 Å². The summed E-state index contributed by atoms with van der Waals surface area (Å²) in [6.45, 7) is 5.68. The number of allylic oxidation sites excluding steroid dienone is 1. The standard InChI is InChI=1S/C23H30N2O2/c1-16-6-2-3-9-21(16)27-23-18(15-26)10-11-20-19-8-5-13-24-12-4-7-17(22(19)24)14-25(20)23/h2-3,6,9,15,17,19-20,22H,4-5,7-8,10-14H2,1H3/t17-,19+,20+,22-/m0/s1. The Morgan fingerprint density at radius 1 is 1.11 bits per heavy atom. The first-order valence-corrected chi connectivity index (χ1v) is 10.7. The average Bonchev–Trinajstić information content (AvgIpc) is 2.70. The summed E-state index contributed by atoms with van der Waals surface area (Å²) in [6, 6.07) is 9.41. The van der Waals surface area contributed by atoms with Crippen LogP contribution in [0.15, 0.2) is 35.7 Å². The maximum Gasteiger partial charge on any atom is 0.202 e. The zero-order valence-electron chi connectivity index (χ0n) is 16.3. The van der Waals surface area contributed by atoms with Gasteiger partial charge in [-0.05, 0) is 82.0 Å². The Labute approximate surface area is 162 Å². The van der Waals surface area contributed by atoms with E-state index in [4.69, 9.17) is 4.74 Å². The van der Waals surface area contributed by atoms with E-state index in [1.807, 2.05) is 18.2 Å². The average molecular weight is 367 g/mol. The highest BCUT2D eigenvalue weighted by molar-refractivity contribution is 5.74. The van der Waals surface area contributed by atoms with E-state index in [1.165, 1.54) is 38.8 Å². The summed E-state index contributed by atoms with van der Waals surface area (Å²) in [7, 11) is 0. The van der Waals surface area contributed by atoms with Crippen LogP contribution in [0.4, 0.5) is 0 Å². The van der Waals surface area contributed by atoms with Crippen molar-refractivity contribution in [2.75, 3.05) is 19.6 Å². The molecule has 1 aromatic carbocycles. The van der Waals surface area contributed by atoms with E-state index in [0.29, 0.717) is 12.0 Å². The lowest BCUT2D eigenvalue weighted by Gasteiger charge is -2.59. The van der Waals surface area contributed by atoms with Gasteiger partial charge in [0.15, 0.2) is 6.29 Å². The van der Waals surface area contributed by atoms with Crippen molar-refractivity contribution in [3.8, 4) is 5.75 Å². The summed E-state index contributed by atoms with van der Waals surface area (Å²) in [6.07, 6.45) is 8.24. The Morgan fingerprint density at radius 2 is 1.93 bits per heavy atom. The zero-order valence-corrected chi connectivity index (χ0v) is 16.3. The second-order valence-corrected chi connectivity index (χ2v) is 8.81. The van der Waals surface area contributed by atoms with Crippen LogP contribution in [0.5, 0.6) is 5.75 Å². The number of nitrogens with zero attached hydrogens (tertiary/aromatic N) is 2. The van der Waals surface area contributed by atoms with Crippen molar-refractivity contribution in [2.24, 2.45) is 11.8 Å². The topological polar surface area (TPSA) is 32.8 Å². The molecule has 4 aliphatic heterocycles. The molecule has 0 aliphatic carbocycles. The molecule has 3 fully saturated rings. The van der Waals surface area contributed by atoms with Crippen LogP contribution in [0.1, 0.15) is 44.1 Å². The molecule has 0 saturated carbocycles. The molecular weight excluding hydrogens is 336 g/mol. The molecular formula is C23H30N2O2. The monoisotopic (exact) mass is 366 g/mol. The molecule has 0 aromatic heterocycles. The van der Waals surface area contributed by atoms with Gasteiger partial charge in [0.05, 0.1) is 5.57 Å². The van der Waals surface area contributed by atoms with E-state index in [1.54, 1.807) is 0 Å². The molecule has 144 valence electrons. The second kappa shape index (κ2) is 6.97. The van der Waals surface area contributed by atoms with Crippen LogP contribution in [0.25, 0.3) is 0 Å². The van der Waals surface area contributed by atoms with Crippen LogP contribution in [0.3, 0.4) is 0 Å². The SMILES string of the molecule is Cc1ccccc1OC1=C(C=O)CC[C@@H]2[C@H]3CCCN4CCC[C@@H](CN12)[C@@H]34. The molecule has 0 N–H and O–H groups in total. The van der Waals surface area contributed by atoms with Crippen LogP contribution >= 0.6 is 0 Å². The van der Waals surface area contributed by atoms with Crippen molar-refractivity contribution in [3.05, 3.63) is 41.3 Å². The minimum atomic E-state index is 0.523. The number of ether oxygens (including phenoxy) is 1. The lowest BCUT2D eigenvalue weighted by molar-refractivity contribution is -0.107. The van der Waals surface area contributed by atoms with Gasteiger partial charge in [0.1, 0.15) is 5.75 Å². The van der Waals surface area contributed by atoms with Gasteiger partial charge in [-0.3, -0.25) is 9.69 Å². The Kier molecular flexibility index (Phi) is 4.47. The van der Waals surface area contributed by atoms with Gasteiger partial charge < -0.3 is 9.64 Å².